The number of carbonyl (C=O) groups is 2. The van der Waals surface area contributed by atoms with Gasteiger partial charge in [-0.05, 0) is 61.3 Å². The topological polar surface area (TPSA) is 58.6 Å². The Morgan fingerprint density at radius 1 is 0.857 bits per heavy atom. The molecule has 1 aliphatic heterocycles. The Hall–Kier alpha value is -2.66. The van der Waals surface area contributed by atoms with Crippen LogP contribution in [0.2, 0.25) is 0 Å². The summed E-state index contributed by atoms with van der Waals surface area (Å²) >= 11 is 0. The first-order valence-electron chi connectivity index (χ1n) is 9.92. The van der Waals surface area contributed by atoms with Crippen molar-refractivity contribution >= 4 is 11.9 Å². The summed E-state index contributed by atoms with van der Waals surface area (Å²) in [6.07, 6.45) is 5.29. The van der Waals surface area contributed by atoms with Gasteiger partial charge in [-0.1, -0.05) is 37.1 Å². The van der Waals surface area contributed by atoms with Crippen molar-refractivity contribution in [3.63, 3.8) is 0 Å². The molecular formula is C23H28N2O3. The third-order valence-electron chi connectivity index (χ3n) is 5.15. The Morgan fingerprint density at radius 3 is 2.04 bits per heavy atom. The van der Waals surface area contributed by atoms with Gasteiger partial charge in [0, 0.05) is 18.7 Å². The molecule has 1 N–H and O–H groups in total. The molecule has 1 saturated heterocycles. The van der Waals surface area contributed by atoms with Crippen molar-refractivity contribution in [2.24, 2.45) is 0 Å². The Morgan fingerprint density at radius 2 is 1.43 bits per heavy atom. The second kappa shape index (κ2) is 10.0. The van der Waals surface area contributed by atoms with E-state index >= 15 is 0 Å². The number of esters is 1. The Kier molecular flexibility index (Phi) is 7.20. The fourth-order valence-corrected chi connectivity index (χ4v) is 3.47. The number of carbonyl (C=O) groups excluding carboxylic acids is 2. The smallest absolute Gasteiger partial charge is 0.337 e. The minimum Gasteiger partial charge on any atom is -0.465 e. The van der Waals surface area contributed by atoms with Crippen molar-refractivity contribution in [1.29, 1.82) is 0 Å². The molecule has 0 saturated carbocycles. The number of rotatable bonds is 6. The van der Waals surface area contributed by atoms with Crippen molar-refractivity contribution < 1.29 is 14.3 Å². The molecule has 0 radical (unpaired) electrons. The lowest BCUT2D eigenvalue weighted by Crippen LogP contribution is -2.24. The highest BCUT2D eigenvalue weighted by Crippen LogP contribution is 2.14. The van der Waals surface area contributed by atoms with Gasteiger partial charge in [-0.3, -0.25) is 9.69 Å². The van der Waals surface area contributed by atoms with Gasteiger partial charge in [-0.2, -0.15) is 0 Å². The van der Waals surface area contributed by atoms with Gasteiger partial charge in [0.05, 0.1) is 12.7 Å². The summed E-state index contributed by atoms with van der Waals surface area (Å²) in [5.41, 5.74) is 3.33. The van der Waals surface area contributed by atoms with Gasteiger partial charge in [0.2, 0.25) is 0 Å². The van der Waals surface area contributed by atoms with Crippen LogP contribution in [-0.4, -0.2) is 37.0 Å². The molecule has 148 valence electrons. The molecule has 0 atom stereocenters. The van der Waals surface area contributed by atoms with E-state index < -0.39 is 5.97 Å². The molecule has 1 heterocycles. The zero-order valence-electron chi connectivity index (χ0n) is 16.4. The lowest BCUT2D eigenvalue weighted by Gasteiger charge is -2.19. The van der Waals surface area contributed by atoms with Gasteiger partial charge in [0.15, 0.2) is 0 Å². The molecule has 0 spiro atoms. The molecule has 5 nitrogen and oxygen atoms in total. The van der Waals surface area contributed by atoms with Crippen molar-refractivity contribution in [1.82, 2.24) is 10.2 Å². The van der Waals surface area contributed by atoms with E-state index in [1.807, 2.05) is 0 Å². The Balaban J connectivity index is 1.50. The first kappa shape index (κ1) is 20.1. The summed E-state index contributed by atoms with van der Waals surface area (Å²) in [6.45, 7) is 3.85. The van der Waals surface area contributed by atoms with Crippen molar-refractivity contribution in [2.75, 3.05) is 20.2 Å². The van der Waals surface area contributed by atoms with E-state index in [-0.39, 0.29) is 5.91 Å². The van der Waals surface area contributed by atoms with Crippen LogP contribution in [0.4, 0.5) is 0 Å². The number of nitrogens with one attached hydrogen (secondary N) is 1. The summed E-state index contributed by atoms with van der Waals surface area (Å²) in [6, 6.07) is 14.9. The number of hydrogen-bond donors (Lipinski definition) is 1. The van der Waals surface area contributed by atoms with Crippen LogP contribution in [0, 0.1) is 0 Å². The maximum atomic E-state index is 12.3. The largest absolute Gasteiger partial charge is 0.465 e. The number of benzene rings is 2. The molecular weight excluding hydrogens is 352 g/mol. The van der Waals surface area contributed by atoms with Gasteiger partial charge >= 0.3 is 5.97 Å². The molecule has 1 amide bonds. The fourth-order valence-electron chi connectivity index (χ4n) is 3.47. The van der Waals surface area contributed by atoms with E-state index in [4.69, 9.17) is 0 Å². The van der Waals surface area contributed by atoms with Gasteiger partial charge in [0.1, 0.15) is 0 Å². The highest BCUT2D eigenvalue weighted by atomic mass is 16.5. The quantitative estimate of drug-likeness (QED) is 0.775. The molecule has 5 heteroatoms. The van der Waals surface area contributed by atoms with Crippen LogP contribution in [0.3, 0.4) is 0 Å². The van der Waals surface area contributed by atoms with Crippen LogP contribution in [-0.2, 0) is 17.8 Å². The Bertz CT molecular complexity index is 776. The molecule has 0 bridgehead atoms. The maximum Gasteiger partial charge on any atom is 0.337 e. The average Bonchev–Trinajstić information content (AvgIpc) is 3.01. The van der Waals surface area contributed by atoms with Crippen molar-refractivity contribution in [2.45, 2.75) is 38.8 Å². The van der Waals surface area contributed by atoms with Crippen molar-refractivity contribution in [3.8, 4) is 0 Å². The molecule has 2 aromatic carbocycles. The zero-order valence-corrected chi connectivity index (χ0v) is 16.4. The summed E-state index contributed by atoms with van der Waals surface area (Å²) in [7, 11) is 1.34. The van der Waals surface area contributed by atoms with E-state index in [1.54, 1.807) is 24.3 Å². The molecule has 1 aliphatic rings. The highest BCUT2D eigenvalue weighted by molar-refractivity contribution is 5.96. The lowest BCUT2D eigenvalue weighted by atomic mass is 10.1. The summed E-state index contributed by atoms with van der Waals surface area (Å²) in [4.78, 5) is 26.3. The third kappa shape index (κ3) is 5.67. The number of ether oxygens (including phenoxy) is 1. The first-order valence-corrected chi connectivity index (χ1v) is 9.92. The maximum absolute atomic E-state index is 12.3. The standard InChI is InChI=1S/C23H28N2O3/c1-28-23(27)21-12-10-20(11-13-21)22(26)24-16-18-6-8-19(9-7-18)17-25-14-4-2-3-5-15-25/h6-13H,2-5,14-17H2,1H3,(H,24,26). The number of nitrogens with zero attached hydrogens (tertiary/aromatic N) is 1. The molecule has 1 fully saturated rings. The highest BCUT2D eigenvalue weighted by Gasteiger charge is 2.10. The summed E-state index contributed by atoms with van der Waals surface area (Å²) < 4.78 is 4.66. The molecule has 0 aromatic heterocycles. The number of likely N-dealkylation sites (tertiary alicyclic amines) is 1. The Labute approximate surface area is 166 Å². The van der Waals surface area contributed by atoms with Crippen LogP contribution >= 0.6 is 0 Å². The summed E-state index contributed by atoms with van der Waals surface area (Å²) in [5.74, 6) is -0.572. The molecule has 0 aliphatic carbocycles. The molecule has 2 aromatic rings. The second-order valence-corrected chi connectivity index (χ2v) is 7.26. The van der Waals surface area contributed by atoms with E-state index in [0.717, 1.165) is 12.1 Å². The summed E-state index contributed by atoms with van der Waals surface area (Å²) in [5, 5.41) is 2.92. The lowest BCUT2D eigenvalue weighted by molar-refractivity contribution is 0.0600. The molecule has 0 unspecified atom stereocenters. The first-order chi connectivity index (χ1) is 13.7. The fraction of sp³-hybridized carbons (Fsp3) is 0.391. The van der Waals surface area contributed by atoms with Crippen molar-refractivity contribution in [3.05, 3.63) is 70.8 Å². The molecule has 28 heavy (non-hydrogen) atoms. The van der Waals surface area contributed by atoms with Crippen LogP contribution < -0.4 is 5.32 Å². The van der Waals surface area contributed by atoms with Crippen LogP contribution in [0.25, 0.3) is 0 Å². The van der Waals surface area contributed by atoms with Crippen LogP contribution in [0.5, 0.6) is 0 Å². The van der Waals surface area contributed by atoms with Crippen LogP contribution in [0.1, 0.15) is 57.5 Å². The van der Waals surface area contributed by atoms with E-state index in [0.29, 0.717) is 17.7 Å². The zero-order chi connectivity index (χ0) is 19.8. The normalized spacial score (nSPS) is 14.9. The van der Waals surface area contributed by atoms with Crippen LogP contribution in [0.15, 0.2) is 48.5 Å². The minimum absolute atomic E-state index is 0.162. The van der Waals surface area contributed by atoms with E-state index in [2.05, 4.69) is 39.2 Å². The minimum atomic E-state index is -0.410. The number of amides is 1. The van der Waals surface area contributed by atoms with E-state index in [1.165, 1.54) is 51.4 Å². The number of hydrogen-bond acceptors (Lipinski definition) is 4. The third-order valence-corrected chi connectivity index (χ3v) is 5.15. The predicted octanol–water partition coefficient (Wildman–Crippen LogP) is 3.78. The second-order valence-electron chi connectivity index (χ2n) is 7.26. The van der Waals surface area contributed by atoms with Gasteiger partial charge < -0.3 is 10.1 Å². The van der Waals surface area contributed by atoms with Gasteiger partial charge in [0.25, 0.3) is 5.91 Å². The van der Waals surface area contributed by atoms with Gasteiger partial charge in [-0.15, -0.1) is 0 Å². The molecule has 3 rings (SSSR count). The number of methoxy groups -OCH3 is 1. The van der Waals surface area contributed by atoms with E-state index in [9.17, 15) is 9.59 Å². The SMILES string of the molecule is COC(=O)c1ccc(C(=O)NCc2ccc(CN3CCCCCC3)cc2)cc1. The average molecular weight is 380 g/mol. The predicted molar refractivity (Wildman–Crippen MR) is 109 cm³/mol. The van der Waals surface area contributed by atoms with Gasteiger partial charge in [-0.25, -0.2) is 4.79 Å². The monoisotopic (exact) mass is 380 g/mol.